The average Bonchev–Trinajstić information content (AvgIpc) is 2.44. The van der Waals surface area contributed by atoms with Gasteiger partial charge in [0.25, 0.3) is 5.09 Å². The highest BCUT2D eigenvalue weighted by molar-refractivity contribution is 8.76. The van der Waals surface area contributed by atoms with Crippen molar-refractivity contribution in [2.75, 3.05) is 24.7 Å². The first kappa shape index (κ1) is 17.4. The summed E-state index contributed by atoms with van der Waals surface area (Å²) >= 11 is 0. The summed E-state index contributed by atoms with van der Waals surface area (Å²) in [5, 5.41) is 9.05. The number of hydrogen-bond acceptors (Lipinski definition) is 8. The van der Waals surface area contributed by atoms with Crippen molar-refractivity contribution in [3.8, 4) is 5.75 Å². The molecule has 0 unspecified atom stereocenters. The van der Waals surface area contributed by atoms with Gasteiger partial charge in [0.1, 0.15) is 19.0 Å². The number of benzene rings is 1. The van der Waals surface area contributed by atoms with E-state index in [9.17, 15) is 14.9 Å². The van der Waals surface area contributed by atoms with Gasteiger partial charge in [0.05, 0.1) is 0 Å². The lowest BCUT2D eigenvalue weighted by Crippen LogP contribution is -2.12. The van der Waals surface area contributed by atoms with Crippen LogP contribution in [0.4, 0.5) is 4.79 Å². The van der Waals surface area contributed by atoms with E-state index in [-0.39, 0.29) is 13.2 Å². The van der Waals surface area contributed by atoms with E-state index in [0.29, 0.717) is 17.3 Å². The van der Waals surface area contributed by atoms with Crippen LogP contribution in [0, 0.1) is 17.0 Å². The molecule has 0 saturated carbocycles. The summed E-state index contributed by atoms with van der Waals surface area (Å²) in [7, 11) is 2.84. The molecular formula is C12H15NO6S2. The lowest BCUT2D eigenvalue weighted by atomic mass is 10.2. The molecular weight excluding hydrogens is 318 g/mol. The Labute approximate surface area is 129 Å². The fourth-order valence-electron chi connectivity index (χ4n) is 1.15. The van der Waals surface area contributed by atoms with E-state index in [1.165, 1.54) is 21.6 Å². The van der Waals surface area contributed by atoms with Gasteiger partial charge in [-0.15, -0.1) is 10.1 Å². The highest BCUT2D eigenvalue weighted by Gasteiger charge is 2.05. The summed E-state index contributed by atoms with van der Waals surface area (Å²) in [6.45, 7) is 2.19. The number of carbonyl (C=O) groups is 1. The van der Waals surface area contributed by atoms with Crippen molar-refractivity contribution in [3.05, 3.63) is 39.9 Å². The Bertz CT molecular complexity index is 454. The second-order valence-corrected chi connectivity index (χ2v) is 6.42. The predicted octanol–water partition coefficient (Wildman–Crippen LogP) is 3.10. The van der Waals surface area contributed by atoms with Crippen molar-refractivity contribution < 1.29 is 24.2 Å². The Morgan fingerprint density at radius 2 is 1.81 bits per heavy atom. The quantitative estimate of drug-likeness (QED) is 0.170. The molecule has 1 rings (SSSR count). The minimum absolute atomic E-state index is 0.0426. The fourth-order valence-corrected chi connectivity index (χ4v) is 2.80. The number of nitrogens with zero attached hydrogens (tertiary/aromatic N) is 1. The molecule has 0 radical (unpaired) electrons. The van der Waals surface area contributed by atoms with Gasteiger partial charge in [-0.3, -0.25) is 0 Å². The summed E-state index contributed by atoms with van der Waals surface area (Å²) in [5.41, 5.74) is 1.07. The van der Waals surface area contributed by atoms with Crippen LogP contribution in [0.1, 0.15) is 5.56 Å². The number of aryl methyl sites for hydroxylation is 1. The van der Waals surface area contributed by atoms with Gasteiger partial charge >= 0.3 is 6.16 Å². The number of ether oxygens (including phenoxy) is 2. The summed E-state index contributed by atoms with van der Waals surface area (Å²) < 4.78 is 9.85. The average molecular weight is 333 g/mol. The van der Waals surface area contributed by atoms with Crippen LogP contribution in [-0.4, -0.2) is 36.0 Å². The van der Waals surface area contributed by atoms with E-state index in [4.69, 9.17) is 9.47 Å². The van der Waals surface area contributed by atoms with Gasteiger partial charge in [-0.05, 0) is 19.1 Å². The molecule has 116 valence electrons. The van der Waals surface area contributed by atoms with Crippen LogP contribution >= 0.6 is 21.6 Å². The van der Waals surface area contributed by atoms with Gasteiger partial charge in [0, 0.05) is 11.5 Å². The molecule has 1 aromatic carbocycles. The molecule has 21 heavy (non-hydrogen) atoms. The number of carbonyl (C=O) groups excluding carboxylic acids is 1. The second-order valence-electron chi connectivity index (χ2n) is 3.71. The van der Waals surface area contributed by atoms with Crippen molar-refractivity contribution in [1.82, 2.24) is 0 Å². The van der Waals surface area contributed by atoms with E-state index < -0.39 is 11.2 Å². The van der Waals surface area contributed by atoms with Gasteiger partial charge in [-0.25, -0.2) is 4.79 Å². The molecule has 0 bridgehead atoms. The summed E-state index contributed by atoms with van der Waals surface area (Å²) in [5.74, 6) is 1.48. The van der Waals surface area contributed by atoms with Crippen LogP contribution in [0.2, 0.25) is 0 Å². The zero-order chi connectivity index (χ0) is 15.5. The van der Waals surface area contributed by atoms with Gasteiger partial charge in [0.15, 0.2) is 0 Å². The predicted molar refractivity (Wildman–Crippen MR) is 81.0 cm³/mol. The van der Waals surface area contributed by atoms with E-state index in [1.807, 2.05) is 19.1 Å². The van der Waals surface area contributed by atoms with Crippen LogP contribution in [0.15, 0.2) is 24.3 Å². The zero-order valence-corrected chi connectivity index (χ0v) is 13.0. The van der Waals surface area contributed by atoms with E-state index >= 15 is 0 Å². The standard InChI is InChI=1S/C12H15NO6S2/c1-10-2-4-11(5-3-10)19-12(14)17-6-8-20-21-9-7-18-13(15)16/h2-5H,6-9H2,1H3. The van der Waals surface area contributed by atoms with Gasteiger partial charge in [-0.1, -0.05) is 39.3 Å². The monoisotopic (exact) mass is 333 g/mol. The van der Waals surface area contributed by atoms with Crippen molar-refractivity contribution in [3.63, 3.8) is 0 Å². The molecule has 0 fully saturated rings. The van der Waals surface area contributed by atoms with Crippen LogP contribution in [-0.2, 0) is 9.57 Å². The topological polar surface area (TPSA) is 87.9 Å². The number of rotatable bonds is 9. The van der Waals surface area contributed by atoms with Crippen molar-refractivity contribution >= 4 is 27.7 Å². The van der Waals surface area contributed by atoms with Crippen molar-refractivity contribution in [1.29, 1.82) is 0 Å². The first-order valence-corrected chi connectivity index (χ1v) is 8.49. The Kier molecular flexibility index (Phi) is 8.44. The van der Waals surface area contributed by atoms with Crippen LogP contribution in [0.25, 0.3) is 0 Å². The van der Waals surface area contributed by atoms with E-state index in [1.54, 1.807) is 12.1 Å². The lowest BCUT2D eigenvalue weighted by Gasteiger charge is -2.05. The van der Waals surface area contributed by atoms with Crippen molar-refractivity contribution in [2.24, 2.45) is 0 Å². The third-order valence-corrected chi connectivity index (χ3v) is 4.39. The molecule has 0 aromatic heterocycles. The first-order valence-electron chi connectivity index (χ1n) is 6.01. The molecule has 1 aromatic rings. The zero-order valence-electron chi connectivity index (χ0n) is 11.4. The van der Waals surface area contributed by atoms with Gasteiger partial charge < -0.3 is 14.3 Å². The van der Waals surface area contributed by atoms with Gasteiger partial charge in [-0.2, -0.15) is 0 Å². The Morgan fingerprint density at radius 1 is 1.19 bits per heavy atom. The van der Waals surface area contributed by atoms with Gasteiger partial charge in [0.2, 0.25) is 0 Å². The molecule has 0 aliphatic rings. The summed E-state index contributed by atoms with van der Waals surface area (Å²) in [6, 6.07) is 7.05. The second kappa shape index (κ2) is 10.2. The molecule has 9 heteroatoms. The molecule has 0 heterocycles. The minimum Gasteiger partial charge on any atom is -0.433 e. The molecule has 7 nitrogen and oxygen atoms in total. The number of hydrogen-bond donors (Lipinski definition) is 0. The maximum absolute atomic E-state index is 11.4. The lowest BCUT2D eigenvalue weighted by molar-refractivity contribution is -0.756. The van der Waals surface area contributed by atoms with Crippen molar-refractivity contribution in [2.45, 2.75) is 6.92 Å². The third-order valence-electron chi connectivity index (χ3n) is 2.06. The maximum atomic E-state index is 11.4. The third kappa shape index (κ3) is 9.03. The SMILES string of the molecule is Cc1ccc(OC(=O)OCCSSCCO[N+](=O)[O-])cc1. The largest absolute Gasteiger partial charge is 0.513 e. The minimum atomic E-state index is -0.824. The smallest absolute Gasteiger partial charge is 0.433 e. The molecule has 0 atom stereocenters. The molecule has 0 spiro atoms. The highest BCUT2D eigenvalue weighted by Crippen LogP contribution is 2.20. The first-order chi connectivity index (χ1) is 10.1. The molecule has 0 aliphatic carbocycles. The van der Waals surface area contributed by atoms with Crippen LogP contribution in [0.5, 0.6) is 5.75 Å². The fraction of sp³-hybridized carbons (Fsp3) is 0.417. The molecule has 0 N–H and O–H groups in total. The maximum Gasteiger partial charge on any atom is 0.513 e. The molecule has 0 amide bonds. The Morgan fingerprint density at radius 3 is 2.43 bits per heavy atom. The Hall–Kier alpha value is -1.61. The molecule has 0 aliphatic heterocycles. The van der Waals surface area contributed by atoms with Crippen LogP contribution < -0.4 is 4.74 Å². The highest BCUT2D eigenvalue weighted by atomic mass is 33.1. The summed E-state index contributed by atoms with van der Waals surface area (Å²) in [4.78, 5) is 25.4. The normalized spacial score (nSPS) is 9.95. The van der Waals surface area contributed by atoms with Crippen LogP contribution in [0.3, 0.4) is 0 Å². The molecule has 0 saturated heterocycles. The Balaban J connectivity index is 2.01. The summed E-state index contributed by atoms with van der Waals surface area (Å²) in [6.07, 6.45) is -0.749. The van der Waals surface area contributed by atoms with E-state index in [0.717, 1.165) is 5.56 Å². The van der Waals surface area contributed by atoms with E-state index in [2.05, 4.69) is 4.84 Å².